The summed E-state index contributed by atoms with van der Waals surface area (Å²) in [7, 11) is 0. The molecule has 3 aromatic rings. The number of hydrogen-bond donors (Lipinski definition) is 0. The van der Waals surface area contributed by atoms with E-state index in [0.717, 1.165) is 36.6 Å². The van der Waals surface area contributed by atoms with Crippen LogP contribution in [0.2, 0.25) is 0 Å². The number of rotatable bonds is 6. The maximum Gasteiger partial charge on any atom is 0.244 e. The number of benzene rings is 2. The highest BCUT2D eigenvalue weighted by atomic mass is 16.5. The summed E-state index contributed by atoms with van der Waals surface area (Å²) < 4.78 is 8.49. The predicted molar refractivity (Wildman–Crippen MR) is 119 cm³/mol. The number of para-hydroxylation sites is 2. The van der Waals surface area contributed by atoms with Crippen LogP contribution in [0.3, 0.4) is 0 Å². The molecule has 0 unspecified atom stereocenters. The third-order valence-electron chi connectivity index (χ3n) is 5.30. The molecule has 0 spiro atoms. The van der Waals surface area contributed by atoms with Crippen molar-refractivity contribution in [1.29, 1.82) is 0 Å². The van der Waals surface area contributed by atoms with Crippen molar-refractivity contribution in [1.82, 2.24) is 4.98 Å². The van der Waals surface area contributed by atoms with E-state index < -0.39 is 0 Å². The van der Waals surface area contributed by atoms with E-state index >= 15 is 0 Å². The first-order chi connectivity index (χ1) is 14.1. The van der Waals surface area contributed by atoms with Gasteiger partial charge in [0.15, 0.2) is 11.4 Å². The predicted octanol–water partition coefficient (Wildman–Crippen LogP) is 4.82. The summed E-state index contributed by atoms with van der Waals surface area (Å²) >= 11 is 0. The fraction of sp³-hybridized carbons (Fsp3) is 0.280. The first kappa shape index (κ1) is 19.2. The zero-order chi connectivity index (χ0) is 20.2. The number of ether oxygens (including phenoxy) is 1. The topological polar surface area (TPSA) is 28.4 Å². The highest BCUT2D eigenvalue weighted by Gasteiger charge is 2.26. The monoisotopic (exact) mass is 386 g/mol. The van der Waals surface area contributed by atoms with Crippen molar-refractivity contribution in [2.45, 2.75) is 27.2 Å². The van der Waals surface area contributed by atoms with Crippen LogP contribution in [-0.2, 0) is 6.42 Å². The lowest BCUT2D eigenvalue weighted by Gasteiger charge is -2.13. The van der Waals surface area contributed by atoms with E-state index in [9.17, 15) is 0 Å². The molecule has 0 aliphatic carbocycles. The van der Waals surface area contributed by atoms with Crippen LogP contribution in [0.1, 0.15) is 22.4 Å². The molecule has 4 rings (SSSR count). The Labute approximate surface area is 173 Å². The fourth-order valence-corrected chi connectivity index (χ4v) is 4.10. The molecule has 4 heteroatoms. The van der Waals surface area contributed by atoms with Crippen LogP contribution in [0.5, 0.6) is 5.75 Å². The number of hydrogen-bond acceptors (Lipinski definition) is 3. The van der Waals surface area contributed by atoms with Crippen molar-refractivity contribution in [2.75, 3.05) is 24.6 Å². The van der Waals surface area contributed by atoms with Crippen molar-refractivity contribution in [3.8, 4) is 5.75 Å². The molecule has 0 N–H and O–H groups in total. The summed E-state index contributed by atoms with van der Waals surface area (Å²) in [5.74, 6) is 0.916. The molecule has 0 saturated heterocycles. The smallest absolute Gasteiger partial charge is 0.244 e. The Morgan fingerprint density at radius 1 is 1.00 bits per heavy atom. The summed E-state index contributed by atoms with van der Waals surface area (Å²) in [4.78, 5) is 6.66. The van der Waals surface area contributed by atoms with Gasteiger partial charge in [0.25, 0.3) is 0 Å². The van der Waals surface area contributed by atoms with Crippen molar-refractivity contribution >= 4 is 17.7 Å². The summed E-state index contributed by atoms with van der Waals surface area (Å²) in [6.45, 7) is 9.06. The number of pyridine rings is 1. The van der Waals surface area contributed by atoms with E-state index in [4.69, 9.17) is 4.74 Å². The van der Waals surface area contributed by atoms with Crippen LogP contribution in [-0.4, -0.2) is 35.6 Å². The minimum absolute atomic E-state index is 0.613. The lowest BCUT2D eigenvalue weighted by molar-refractivity contribution is -0.425. The van der Waals surface area contributed by atoms with E-state index in [0.29, 0.717) is 6.61 Å². The largest absolute Gasteiger partial charge is 0.489 e. The zero-order valence-electron chi connectivity index (χ0n) is 17.4. The van der Waals surface area contributed by atoms with Crippen LogP contribution >= 0.6 is 0 Å². The first-order valence-corrected chi connectivity index (χ1v) is 10.2. The molecule has 1 aliphatic rings. The molecule has 0 bridgehead atoms. The average molecular weight is 387 g/mol. The summed E-state index contributed by atoms with van der Waals surface area (Å²) in [5, 5.41) is 0. The van der Waals surface area contributed by atoms with Crippen molar-refractivity contribution in [2.24, 2.45) is 0 Å². The Morgan fingerprint density at radius 3 is 2.52 bits per heavy atom. The average Bonchev–Trinajstić information content (AvgIpc) is 3.18. The van der Waals surface area contributed by atoms with Crippen molar-refractivity contribution in [3.05, 3.63) is 83.2 Å². The molecule has 0 radical (unpaired) electrons. The minimum atomic E-state index is 0.613. The van der Waals surface area contributed by atoms with Gasteiger partial charge in [-0.05, 0) is 56.2 Å². The number of anilines is 1. The van der Waals surface area contributed by atoms with Crippen LogP contribution in [0.4, 0.5) is 11.4 Å². The Hall–Kier alpha value is -3.14. The standard InChI is InChI=1S/C25H28N3O/c1-19-16-20(2)25(21(3)17-19)28-14-13-27(18-28)23-9-4-5-10-24(23)29-15-11-22-8-6-7-12-26-22/h4-10,12,16-18H,11,13-15H2,1-3H3/q+1. The molecule has 2 heterocycles. The first-order valence-electron chi connectivity index (χ1n) is 10.2. The molecule has 0 fully saturated rings. The Kier molecular flexibility index (Phi) is 5.61. The lowest BCUT2D eigenvalue weighted by Crippen LogP contribution is -2.19. The van der Waals surface area contributed by atoms with Gasteiger partial charge in [0.1, 0.15) is 18.8 Å². The lowest BCUT2D eigenvalue weighted by atomic mass is 10.0. The number of aryl methyl sites for hydroxylation is 3. The fourth-order valence-electron chi connectivity index (χ4n) is 4.10. The normalized spacial score (nSPS) is 13.5. The van der Waals surface area contributed by atoms with E-state index in [2.05, 4.69) is 65.8 Å². The Bertz CT molecular complexity index is 1000. The van der Waals surface area contributed by atoms with Crippen molar-refractivity contribution < 1.29 is 9.31 Å². The van der Waals surface area contributed by atoms with Gasteiger partial charge in [-0.1, -0.05) is 35.9 Å². The maximum atomic E-state index is 6.14. The third kappa shape index (κ3) is 4.32. The molecule has 1 aliphatic heterocycles. The zero-order valence-corrected chi connectivity index (χ0v) is 17.4. The van der Waals surface area contributed by atoms with Crippen LogP contribution in [0.25, 0.3) is 0 Å². The molecule has 29 heavy (non-hydrogen) atoms. The summed E-state index contributed by atoms with van der Waals surface area (Å²) in [6.07, 6.45) is 4.84. The molecule has 4 nitrogen and oxygen atoms in total. The van der Waals surface area contributed by atoms with Crippen molar-refractivity contribution in [3.63, 3.8) is 0 Å². The molecule has 0 atom stereocenters. The van der Waals surface area contributed by atoms with E-state index in [1.807, 2.05) is 36.5 Å². The van der Waals surface area contributed by atoms with Gasteiger partial charge in [-0.25, -0.2) is 9.48 Å². The second-order valence-electron chi connectivity index (χ2n) is 7.64. The molecule has 148 valence electrons. The second-order valence-corrected chi connectivity index (χ2v) is 7.64. The minimum Gasteiger partial charge on any atom is -0.489 e. The van der Waals surface area contributed by atoms with Gasteiger partial charge in [0.05, 0.1) is 6.61 Å². The molecular weight excluding hydrogens is 358 g/mol. The van der Waals surface area contributed by atoms with Gasteiger partial charge in [0, 0.05) is 18.3 Å². The Balaban J connectivity index is 1.52. The highest BCUT2D eigenvalue weighted by molar-refractivity contribution is 5.81. The quantitative estimate of drug-likeness (QED) is 0.569. The number of nitrogens with zero attached hydrogens (tertiary/aromatic N) is 3. The highest BCUT2D eigenvalue weighted by Crippen LogP contribution is 2.31. The molecule has 2 aromatic carbocycles. The van der Waals surface area contributed by atoms with E-state index in [-0.39, 0.29) is 0 Å². The maximum absolute atomic E-state index is 6.14. The van der Waals surface area contributed by atoms with Crippen LogP contribution in [0.15, 0.2) is 60.8 Å². The molecule has 1 aromatic heterocycles. The van der Waals surface area contributed by atoms with Gasteiger partial charge >= 0.3 is 0 Å². The van der Waals surface area contributed by atoms with Crippen LogP contribution in [0, 0.1) is 20.8 Å². The molecule has 0 saturated carbocycles. The second kappa shape index (κ2) is 8.48. The van der Waals surface area contributed by atoms with Gasteiger partial charge in [-0.15, -0.1) is 0 Å². The number of aromatic nitrogens is 1. The van der Waals surface area contributed by atoms with Gasteiger partial charge in [-0.2, -0.15) is 0 Å². The van der Waals surface area contributed by atoms with E-state index in [1.54, 1.807) is 0 Å². The third-order valence-corrected chi connectivity index (χ3v) is 5.30. The summed E-state index contributed by atoms with van der Waals surface area (Å²) in [5.41, 5.74) is 7.42. The van der Waals surface area contributed by atoms with Crippen LogP contribution < -0.4 is 9.64 Å². The van der Waals surface area contributed by atoms with Gasteiger partial charge < -0.3 is 4.74 Å². The van der Waals surface area contributed by atoms with Gasteiger partial charge in [0.2, 0.25) is 6.34 Å². The molecular formula is C25H28N3O+. The van der Waals surface area contributed by atoms with Gasteiger partial charge in [-0.3, -0.25) is 4.98 Å². The van der Waals surface area contributed by atoms with E-state index in [1.165, 1.54) is 22.4 Å². The Morgan fingerprint density at radius 2 is 1.76 bits per heavy atom. The SMILES string of the molecule is Cc1cc(C)c([N+]2=CN(c3ccccc3OCCc3ccccn3)CC2)c(C)c1. The molecule has 0 amide bonds. The summed E-state index contributed by atoms with van der Waals surface area (Å²) in [6, 6.07) is 18.8.